The molecule has 1 fully saturated rings. The van der Waals surface area contributed by atoms with Crippen LogP contribution < -0.4 is 5.32 Å². The number of ketones is 1. The fourth-order valence-electron chi connectivity index (χ4n) is 3.34. The van der Waals surface area contributed by atoms with Gasteiger partial charge in [-0.1, -0.05) is 68.8 Å². The van der Waals surface area contributed by atoms with Crippen LogP contribution in [0.25, 0.3) is 0 Å². The average Bonchev–Trinajstić information content (AvgIpc) is 2.74. The average molecular weight is 366 g/mol. The van der Waals surface area contributed by atoms with Gasteiger partial charge in [-0.15, -0.1) is 0 Å². The Bertz CT molecular complexity index is 742. The van der Waals surface area contributed by atoms with Gasteiger partial charge in [-0.3, -0.25) is 10.2 Å². The van der Waals surface area contributed by atoms with Crippen molar-refractivity contribution in [2.24, 2.45) is 0 Å². The van der Waals surface area contributed by atoms with Crippen LogP contribution in [0.4, 0.5) is 5.69 Å². The van der Waals surface area contributed by atoms with Gasteiger partial charge < -0.3 is 10.2 Å². The van der Waals surface area contributed by atoms with Crippen molar-refractivity contribution in [1.82, 2.24) is 4.90 Å². The Hall–Kier alpha value is -2.46. The lowest BCUT2D eigenvalue weighted by Crippen LogP contribution is -2.40. The molecule has 0 amide bonds. The van der Waals surface area contributed by atoms with Gasteiger partial charge in [0.1, 0.15) is 5.71 Å². The lowest BCUT2D eigenvalue weighted by atomic mass is 9.98. The molecule has 4 heteroatoms. The number of hydrogen-bond donors (Lipinski definition) is 2. The van der Waals surface area contributed by atoms with Gasteiger partial charge in [0.2, 0.25) is 5.78 Å². The number of hydrogen-bond acceptors (Lipinski definition) is 4. The zero-order valence-corrected chi connectivity index (χ0v) is 16.7. The van der Waals surface area contributed by atoms with E-state index in [1.165, 1.54) is 19.3 Å². The third-order valence-electron chi connectivity index (χ3n) is 4.91. The van der Waals surface area contributed by atoms with Crippen LogP contribution in [0.5, 0.6) is 0 Å². The minimum atomic E-state index is -0.246. The van der Waals surface area contributed by atoms with Gasteiger partial charge in [0, 0.05) is 29.4 Å². The first-order chi connectivity index (χ1) is 13.2. The number of likely N-dealkylation sites (tertiary alicyclic amines) is 1. The minimum Gasteiger partial charge on any atom is -0.383 e. The lowest BCUT2D eigenvalue weighted by Gasteiger charge is -2.33. The Labute approximate surface area is 163 Å². The highest BCUT2D eigenvalue weighted by Gasteiger charge is 2.20. The topological polar surface area (TPSA) is 56.2 Å². The zero-order chi connectivity index (χ0) is 19.6. The molecule has 1 heterocycles. The molecule has 0 radical (unpaired) electrons. The molecule has 4 nitrogen and oxygen atoms in total. The maximum absolute atomic E-state index is 12.6. The molecule has 2 aromatic rings. The number of carbonyl (C=O) groups excluding carboxylic acids is 1. The summed E-state index contributed by atoms with van der Waals surface area (Å²) in [6, 6.07) is 17.1. The van der Waals surface area contributed by atoms with E-state index in [9.17, 15) is 4.79 Å². The largest absolute Gasteiger partial charge is 0.383 e. The molecule has 0 spiro atoms. The van der Waals surface area contributed by atoms with Gasteiger partial charge in [-0.2, -0.15) is 0 Å². The number of rotatable bonds is 6. The fraction of sp³-hybridized carbons (Fsp3) is 0.391. The summed E-state index contributed by atoms with van der Waals surface area (Å²) in [5.74, 6) is -0.246. The zero-order valence-electron chi connectivity index (χ0n) is 16.7. The van der Waals surface area contributed by atoms with Crippen molar-refractivity contribution in [1.29, 1.82) is 5.41 Å². The highest BCUT2D eigenvalue weighted by Crippen LogP contribution is 2.20. The fourth-order valence-corrected chi connectivity index (χ4v) is 3.34. The first-order valence-electron chi connectivity index (χ1n) is 9.88. The van der Waals surface area contributed by atoms with Crippen molar-refractivity contribution in [3.05, 3.63) is 65.7 Å². The molecule has 3 rings (SSSR count). The Morgan fingerprint density at radius 2 is 1.74 bits per heavy atom. The molecular formula is C23H31N3O. The maximum atomic E-state index is 12.6. The van der Waals surface area contributed by atoms with Crippen LogP contribution in [-0.2, 0) is 0 Å². The van der Waals surface area contributed by atoms with E-state index in [4.69, 9.17) is 5.41 Å². The van der Waals surface area contributed by atoms with E-state index in [-0.39, 0.29) is 11.5 Å². The van der Waals surface area contributed by atoms with Crippen LogP contribution >= 0.6 is 0 Å². The molecule has 0 aromatic heterocycles. The van der Waals surface area contributed by atoms with E-state index >= 15 is 0 Å². The highest BCUT2D eigenvalue weighted by molar-refractivity contribution is 6.51. The number of carbonyl (C=O) groups is 1. The predicted octanol–water partition coefficient (Wildman–Crippen LogP) is 4.86. The second-order valence-electron chi connectivity index (χ2n) is 6.63. The number of anilines is 1. The minimum absolute atomic E-state index is 0.0336. The Morgan fingerprint density at radius 3 is 2.44 bits per heavy atom. The van der Waals surface area contributed by atoms with Gasteiger partial charge >= 0.3 is 0 Å². The van der Waals surface area contributed by atoms with Crippen LogP contribution in [0.1, 0.15) is 49.0 Å². The molecule has 0 aliphatic carbocycles. The van der Waals surface area contributed by atoms with Gasteiger partial charge in [-0.05, 0) is 32.5 Å². The summed E-state index contributed by atoms with van der Waals surface area (Å²) in [5.41, 5.74) is 2.10. The molecule has 0 bridgehead atoms. The molecule has 2 N–H and O–H groups in total. The molecule has 1 atom stereocenters. The van der Waals surface area contributed by atoms with Crippen molar-refractivity contribution < 1.29 is 4.79 Å². The number of benzene rings is 2. The van der Waals surface area contributed by atoms with Crippen molar-refractivity contribution in [3.8, 4) is 0 Å². The summed E-state index contributed by atoms with van der Waals surface area (Å²) in [6.45, 7) is 5.97. The van der Waals surface area contributed by atoms with Crippen molar-refractivity contribution in [3.63, 3.8) is 0 Å². The van der Waals surface area contributed by atoms with Crippen LogP contribution in [0.2, 0.25) is 0 Å². The van der Waals surface area contributed by atoms with Crippen LogP contribution in [-0.4, -0.2) is 42.6 Å². The van der Waals surface area contributed by atoms with Gasteiger partial charge in [0.15, 0.2) is 0 Å². The summed E-state index contributed by atoms with van der Waals surface area (Å²) in [7, 11) is 2.17. The molecule has 2 aromatic carbocycles. The summed E-state index contributed by atoms with van der Waals surface area (Å²) >= 11 is 0. The summed E-state index contributed by atoms with van der Waals surface area (Å²) in [4.78, 5) is 15.0. The lowest BCUT2D eigenvalue weighted by molar-refractivity contribution is 0.106. The molecule has 1 unspecified atom stereocenters. The van der Waals surface area contributed by atoms with Crippen LogP contribution in [0, 0.1) is 5.41 Å². The van der Waals surface area contributed by atoms with Crippen molar-refractivity contribution >= 4 is 17.2 Å². The van der Waals surface area contributed by atoms with Gasteiger partial charge in [0.05, 0.1) is 0 Å². The van der Waals surface area contributed by atoms with Crippen LogP contribution in [0.3, 0.4) is 0 Å². The summed E-state index contributed by atoms with van der Waals surface area (Å²) < 4.78 is 0. The van der Waals surface area contributed by atoms with E-state index in [1.54, 1.807) is 12.1 Å². The smallest absolute Gasteiger partial charge is 0.211 e. The van der Waals surface area contributed by atoms with E-state index in [1.807, 2.05) is 56.3 Å². The van der Waals surface area contributed by atoms with Crippen molar-refractivity contribution in [2.75, 3.05) is 25.5 Å². The van der Waals surface area contributed by atoms with Crippen molar-refractivity contribution in [2.45, 2.75) is 39.2 Å². The first kappa shape index (κ1) is 20.8. The third kappa shape index (κ3) is 5.51. The predicted molar refractivity (Wildman–Crippen MR) is 114 cm³/mol. The number of para-hydroxylation sites is 1. The standard InChI is InChI=1S/C21H25N3O.C2H6/c1-24-14-8-7-11-17(24)15-23-19-13-6-5-12-18(19)20(22)21(25)16-9-3-2-4-10-16;1-2/h2-6,9-10,12-13,17,22-23H,7-8,11,14-15H2,1H3;1-2H3. The molecule has 0 saturated carbocycles. The monoisotopic (exact) mass is 365 g/mol. The Kier molecular flexibility index (Phi) is 8.21. The first-order valence-corrected chi connectivity index (χ1v) is 9.88. The summed E-state index contributed by atoms with van der Waals surface area (Å²) in [5, 5.41) is 11.8. The highest BCUT2D eigenvalue weighted by atomic mass is 16.1. The quantitative estimate of drug-likeness (QED) is 0.568. The third-order valence-corrected chi connectivity index (χ3v) is 4.91. The van der Waals surface area contributed by atoms with E-state index in [0.29, 0.717) is 17.2 Å². The van der Waals surface area contributed by atoms with Gasteiger partial charge in [-0.25, -0.2) is 0 Å². The van der Waals surface area contributed by atoms with E-state index in [2.05, 4.69) is 17.3 Å². The molecule has 1 aliphatic rings. The maximum Gasteiger partial charge on any atom is 0.211 e. The molecule has 1 aliphatic heterocycles. The molecular weight excluding hydrogens is 334 g/mol. The number of nitrogens with one attached hydrogen (secondary N) is 2. The number of likely N-dealkylation sites (N-methyl/N-ethyl adjacent to an activating group) is 1. The Balaban J connectivity index is 0.00000126. The second-order valence-corrected chi connectivity index (χ2v) is 6.63. The van der Waals surface area contributed by atoms with E-state index in [0.717, 1.165) is 18.8 Å². The molecule has 144 valence electrons. The molecule has 1 saturated heterocycles. The Morgan fingerprint density at radius 1 is 1.07 bits per heavy atom. The van der Waals surface area contributed by atoms with E-state index < -0.39 is 0 Å². The second kappa shape index (κ2) is 10.6. The van der Waals surface area contributed by atoms with Gasteiger partial charge in [0.25, 0.3) is 0 Å². The SMILES string of the molecule is CC.CN1CCCCC1CNc1ccccc1C(=N)C(=O)c1ccccc1. The van der Waals surface area contributed by atoms with Crippen LogP contribution in [0.15, 0.2) is 54.6 Å². The number of piperidine rings is 1. The molecule has 27 heavy (non-hydrogen) atoms. The normalized spacial score (nSPS) is 16.8. The number of Topliss-reactive ketones (excluding diaryl/α,β-unsaturated/α-hetero) is 1. The summed E-state index contributed by atoms with van der Waals surface area (Å²) in [6.07, 6.45) is 3.71. The number of nitrogens with zero attached hydrogens (tertiary/aromatic N) is 1.